The average molecular weight is 466 g/mol. The van der Waals surface area contributed by atoms with Crippen LogP contribution < -0.4 is 10.9 Å². The summed E-state index contributed by atoms with van der Waals surface area (Å²) in [5.74, 6) is 0.542. The normalized spacial score (nSPS) is 18.8. The number of rotatable bonds is 6. The Balaban J connectivity index is 1.57. The molecule has 1 aliphatic heterocycles. The summed E-state index contributed by atoms with van der Waals surface area (Å²) in [5, 5.41) is 17.2. The van der Waals surface area contributed by atoms with Gasteiger partial charge in [-0.15, -0.1) is 11.3 Å². The molecule has 0 spiro atoms. The van der Waals surface area contributed by atoms with Crippen LogP contribution in [0.3, 0.4) is 0 Å². The highest BCUT2D eigenvalue weighted by molar-refractivity contribution is 7.22. The van der Waals surface area contributed by atoms with Crippen molar-refractivity contribution >= 4 is 44.6 Å². The van der Waals surface area contributed by atoms with Gasteiger partial charge in [0.2, 0.25) is 5.91 Å². The maximum Gasteiger partial charge on any atom is 0.291 e. The smallest absolute Gasteiger partial charge is 0.291 e. The summed E-state index contributed by atoms with van der Waals surface area (Å²) in [4.78, 5) is 28.0. The van der Waals surface area contributed by atoms with E-state index in [9.17, 15) is 14.7 Å². The Labute approximate surface area is 189 Å². The van der Waals surface area contributed by atoms with Crippen LogP contribution in [-0.2, 0) is 11.3 Å². The van der Waals surface area contributed by atoms with Gasteiger partial charge in [-0.2, -0.15) is 5.10 Å². The van der Waals surface area contributed by atoms with Crippen LogP contribution >= 0.6 is 22.9 Å². The monoisotopic (exact) mass is 465 g/mol. The van der Waals surface area contributed by atoms with E-state index < -0.39 is 6.10 Å². The van der Waals surface area contributed by atoms with E-state index in [1.54, 1.807) is 6.92 Å². The van der Waals surface area contributed by atoms with Crippen LogP contribution in [0.1, 0.15) is 45.4 Å². The van der Waals surface area contributed by atoms with Crippen molar-refractivity contribution < 1.29 is 9.90 Å². The van der Waals surface area contributed by atoms with Crippen molar-refractivity contribution in [2.24, 2.45) is 0 Å². The van der Waals surface area contributed by atoms with Crippen LogP contribution in [0, 0.1) is 0 Å². The summed E-state index contributed by atoms with van der Waals surface area (Å²) in [6.45, 7) is 7.87. The highest BCUT2D eigenvalue weighted by Gasteiger charge is 2.23. The van der Waals surface area contributed by atoms with Crippen LogP contribution in [0.25, 0.3) is 15.7 Å². The van der Waals surface area contributed by atoms with Crippen molar-refractivity contribution in [3.8, 4) is 0 Å². The fourth-order valence-electron chi connectivity index (χ4n) is 4.32. The number of aliphatic hydroxyl groups is 1. The number of β-amino-alcohol motifs (C(OH)–C–C–N with tert-alkyl or cyclic N) is 1. The molecule has 1 fully saturated rings. The van der Waals surface area contributed by atoms with E-state index in [0.717, 1.165) is 29.6 Å². The molecule has 3 aromatic heterocycles. The molecule has 0 bridgehead atoms. The van der Waals surface area contributed by atoms with E-state index in [4.69, 9.17) is 11.6 Å². The third kappa shape index (κ3) is 4.64. The molecular weight excluding hydrogens is 438 g/mol. The van der Waals surface area contributed by atoms with Gasteiger partial charge < -0.3 is 10.4 Å². The molecule has 0 aromatic carbocycles. The van der Waals surface area contributed by atoms with Crippen molar-refractivity contribution in [2.75, 3.05) is 19.6 Å². The average Bonchev–Trinajstić information content (AvgIpc) is 3.20. The Kier molecular flexibility index (Phi) is 6.39. The number of aromatic nitrogens is 3. The van der Waals surface area contributed by atoms with Gasteiger partial charge in [-0.25, -0.2) is 4.68 Å². The zero-order valence-corrected chi connectivity index (χ0v) is 19.5. The summed E-state index contributed by atoms with van der Waals surface area (Å²) in [6, 6.07) is 3.68. The zero-order chi connectivity index (χ0) is 22.3. The van der Waals surface area contributed by atoms with Gasteiger partial charge in [0.25, 0.3) is 5.56 Å². The number of piperidine rings is 1. The molecule has 168 valence electrons. The zero-order valence-electron chi connectivity index (χ0n) is 18.0. The van der Waals surface area contributed by atoms with Gasteiger partial charge in [-0.05, 0) is 38.4 Å². The van der Waals surface area contributed by atoms with Gasteiger partial charge >= 0.3 is 0 Å². The minimum Gasteiger partial charge on any atom is -0.392 e. The predicted octanol–water partition coefficient (Wildman–Crippen LogP) is 2.45. The number of likely N-dealkylation sites (tertiary alicyclic amines) is 1. The van der Waals surface area contributed by atoms with Crippen molar-refractivity contribution in [1.82, 2.24) is 24.4 Å². The van der Waals surface area contributed by atoms with Crippen molar-refractivity contribution in [3.05, 3.63) is 32.6 Å². The number of halogens is 1. The number of carbonyl (C=O) groups excluding carboxylic acids is 1. The van der Waals surface area contributed by atoms with Crippen LogP contribution in [-0.4, -0.2) is 61.9 Å². The van der Waals surface area contributed by atoms with Gasteiger partial charge in [0, 0.05) is 25.0 Å². The van der Waals surface area contributed by atoms with E-state index in [-0.39, 0.29) is 30.0 Å². The quantitative estimate of drug-likeness (QED) is 0.583. The Morgan fingerprint density at radius 1 is 1.35 bits per heavy atom. The number of nitrogens with zero attached hydrogens (tertiary/aromatic N) is 4. The molecule has 2 atom stereocenters. The molecule has 2 N–H and O–H groups in total. The van der Waals surface area contributed by atoms with Crippen LogP contribution in [0.15, 0.2) is 16.9 Å². The molecule has 10 heteroatoms. The van der Waals surface area contributed by atoms with E-state index in [0.29, 0.717) is 28.8 Å². The molecule has 4 heterocycles. The van der Waals surface area contributed by atoms with Crippen molar-refractivity contribution in [3.63, 3.8) is 0 Å². The second kappa shape index (κ2) is 8.90. The van der Waals surface area contributed by atoms with E-state index >= 15 is 0 Å². The third-order valence-electron chi connectivity index (χ3n) is 5.57. The standard InChI is InChI=1S/C21H28ClN5O3S/c1-12(2)20-24-26(21(30)16-7-17-15(27(16)20)8-18(22)31-17)11-19(29)23-14-5-4-6-25(10-14)9-13(3)28/h7-8,12-14,28H,4-6,9-11H2,1-3H3,(H,23,29)/t13?,14-/m1/s1. The SMILES string of the molecule is CC(O)CN1CCC[C@@H](NC(=O)Cn2nc(C(C)C)n3c(cc4sc(Cl)cc43)c2=O)C1. The Hall–Kier alpha value is -1.94. The first-order chi connectivity index (χ1) is 14.7. The third-order valence-corrected chi connectivity index (χ3v) is 6.77. The largest absolute Gasteiger partial charge is 0.392 e. The second-order valence-corrected chi connectivity index (χ2v) is 10.4. The summed E-state index contributed by atoms with van der Waals surface area (Å²) in [7, 11) is 0. The minimum absolute atomic E-state index is 0.00443. The van der Waals surface area contributed by atoms with Gasteiger partial charge in [0.05, 0.1) is 20.7 Å². The van der Waals surface area contributed by atoms with Crippen LogP contribution in [0.5, 0.6) is 0 Å². The van der Waals surface area contributed by atoms with E-state index in [1.165, 1.54) is 16.0 Å². The molecule has 31 heavy (non-hydrogen) atoms. The second-order valence-electron chi connectivity index (χ2n) is 8.66. The lowest BCUT2D eigenvalue weighted by Gasteiger charge is -2.33. The number of carbonyl (C=O) groups is 1. The first kappa shape index (κ1) is 22.3. The number of thiophene rings is 1. The molecule has 4 rings (SSSR count). The van der Waals surface area contributed by atoms with Crippen LogP contribution in [0.2, 0.25) is 4.34 Å². The van der Waals surface area contributed by atoms with E-state index in [1.807, 2.05) is 30.4 Å². The molecule has 0 radical (unpaired) electrons. The highest BCUT2D eigenvalue weighted by Crippen LogP contribution is 2.32. The number of hydrogen-bond acceptors (Lipinski definition) is 6. The summed E-state index contributed by atoms with van der Waals surface area (Å²) < 4.78 is 4.71. The molecule has 1 unspecified atom stereocenters. The fraction of sp³-hybridized carbons (Fsp3) is 0.571. The Bertz CT molecular complexity index is 1170. The maximum absolute atomic E-state index is 13.1. The van der Waals surface area contributed by atoms with Gasteiger partial charge in [-0.3, -0.25) is 18.9 Å². The first-order valence-corrected chi connectivity index (χ1v) is 11.8. The number of nitrogens with one attached hydrogen (secondary N) is 1. The molecule has 0 saturated carbocycles. The minimum atomic E-state index is -0.398. The van der Waals surface area contributed by atoms with Crippen molar-refractivity contribution in [2.45, 2.75) is 58.2 Å². The lowest BCUT2D eigenvalue weighted by molar-refractivity contribution is -0.123. The van der Waals surface area contributed by atoms with Gasteiger partial charge in [-0.1, -0.05) is 25.4 Å². The lowest BCUT2D eigenvalue weighted by Crippen LogP contribution is -2.50. The molecular formula is C21H28ClN5O3S. The summed E-state index contributed by atoms with van der Waals surface area (Å²) >= 11 is 7.58. The molecule has 1 aliphatic rings. The lowest BCUT2D eigenvalue weighted by atomic mass is 10.1. The van der Waals surface area contributed by atoms with Gasteiger partial charge in [0.15, 0.2) is 0 Å². The van der Waals surface area contributed by atoms with Gasteiger partial charge in [0.1, 0.15) is 17.9 Å². The molecule has 1 saturated heterocycles. The summed E-state index contributed by atoms with van der Waals surface area (Å²) in [5.41, 5.74) is 1.08. The predicted molar refractivity (Wildman–Crippen MR) is 123 cm³/mol. The molecule has 8 nitrogen and oxygen atoms in total. The van der Waals surface area contributed by atoms with Crippen LogP contribution in [0.4, 0.5) is 0 Å². The number of aliphatic hydroxyl groups excluding tert-OH is 1. The number of amides is 1. The van der Waals surface area contributed by atoms with Crippen molar-refractivity contribution in [1.29, 1.82) is 0 Å². The molecule has 3 aromatic rings. The fourth-order valence-corrected chi connectivity index (χ4v) is 5.47. The molecule has 0 aliphatic carbocycles. The topological polar surface area (TPSA) is 91.9 Å². The Morgan fingerprint density at radius 3 is 2.84 bits per heavy atom. The van der Waals surface area contributed by atoms with E-state index in [2.05, 4.69) is 15.3 Å². The molecule has 1 amide bonds. The maximum atomic E-state index is 13.1. The Morgan fingerprint density at radius 2 is 2.13 bits per heavy atom. The number of fused-ring (bicyclic) bond motifs is 3. The highest BCUT2D eigenvalue weighted by atomic mass is 35.5. The first-order valence-electron chi connectivity index (χ1n) is 10.6. The summed E-state index contributed by atoms with van der Waals surface area (Å²) in [6.07, 6.45) is 1.45. The number of hydrogen-bond donors (Lipinski definition) is 2.